The monoisotopic (exact) mass is 552 g/mol. The highest BCUT2D eigenvalue weighted by Gasteiger charge is 2.39. The number of rotatable bonds is 6. The first kappa shape index (κ1) is 28.1. The van der Waals surface area contributed by atoms with Crippen molar-refractivity contribution in [2.24, 2.45) is 5.92 Å². The van der Waals surface area contributed by atoms with Gasteiger partial charge in [-0.3, -0.25) is 14.4 Å². The molecule has 5 rings (SSSR count). The number of ketones is 1. The third-order valence-electron chi connectivity index (χ3n) is 7.94. The molecule has 0 bridgehead atoms. The maximum atomic E-state index is 14.1. The predicted molar refractivity (Wildman–Crippen MR) is 160 cm³/mol. The zero-order chi connectivity index (χ0) is 28.9. The van der Waals surface area contributed by atoms with Crippen LogP contribution in [-0.4, -0.2) is 42.8 Å². The van der Waals surface area contributed by atoms with Gasteiger partial charge < -0.3 is 20.4 Å². The zero-order valence-electron chi connectivity index (χ0n) is 23.6. The van der Waals surface area contributed by atoms with Crippen LogP contribution in [0.4, 0.5) is 21.9 Å². The summed E-state index contributed by atoms with van der Waals surface area (Å²) in [5, 5.41) is 5.60. The molecule has 0 saturated heterocycles. The van der Waals surface area contributed by atoms with Crippen LogP contribution in [0.1, 0.15) is 53.6 Å². The number of para-hydroxylation sites is 2. The maximum Gasteiger partial charge on any atom is 0.319 e. The van der Waals surface area contributed by atoms with Gasteiger partial charge in [-0.2, -0.15) is 0 Å². The normalized spacial score (nSPS) is 17.4. The lowest BCUT2D eigenvalue weighted by Gasteiger charge is -2.30. The molecule has 1 saturated carbocycles. The molecular weight excluding hydrogens is 516 g/mol. The number of aryl methyl sites for hydroxylation is 2. The maximum absolute atomic E-state index is 14.1. The number of carbonyl (C=O) groups is 4. The van der Waals surface area contributed by atoms with Gasteiger partial charge in [0.25, 0.3) is 5.91 Å². The van der Waals surface area contributed by atoms with Crippen LogP contribution in [0.15, 0.2) is 72.8 Å². The first-order valence-corrected chi connectivity index (χ1v) is 14.3. The van der Waals surface area contributed by atoms with E-state index in [0.29, 0.717) is 22.6 Å². The lowest BCUT2D eigenvalue weighted by molar-refractivity contribution is -0.123. The Balaban J connectivity index is 1.49. The molecule has 8 nitrogen and oxygen atoms in total. The van der Waals surface area contributed by atoms with E-state index in [2.05, 4.69) is 10.6 Å². The number of anilines is 3. The van der Waals surface area contributed by atoms with E-state index in [1.165, 1.54) is 4.90 Å². The molecule has 1 heterocycles. The Bertz CT molecular complexity index is 1460. The fourth-order valence-electron chi connectivity index (χ4n) is 5.80. The number of Topliss-reactive ketones (excluding diaryl/α,β-unsaturated/α-hetero) is 1. The van der Waals surface area contributed by atoms with Crippen molar-refractivity contribution in [3.05, 3.63) is 89.5 Å². The van der Waals surface area contributed by atoms with Gasteiger partial charge in [0.1, 0.15) is 6.04 Å². The highest BCUT2D eigenvalue weighted by atomic mass is 16.2. The lowest BCUT2D eigenvalue weighted by Crippen LogP contribution is -2.55. The van der Waals surface area contributed by atoms with Crippen molar-refractivity contribution in [2.75, 3.05) is 28.2 Å². The molecule has 3 aromatic carbocycles. The number of hydrogen-bond acceptors (Lipinski definition) is 4. The molecule has 1 unspecified atom stereocenters. The van der Waals surface area contributed by atoms with Gasteiger partial charge in [0.05, 0.1) is 24.5 Å². The summed E-state index contributed by atoms with van der Waals surface area (Å²) in [5.41, 5.74) is 3.96. The number of nitrogens with one attached hydrogen (secondary N) is 2. The molecule has 0 radical (unpaired) electrons. The molecule has 212 valence electrons. The summed E-state index contributed by atoms with van der Waals surface area (Å²) < 4.78 is 0. The van der Waals surface area contributed by atoms with Crippen LogP contribution >= 0.6 is 0 Å². The molecule has 4 amide bonds. The van der Waals surface area contributed by atoms with Crippen molar-refractivity contribution < 1.29 is 19.2 Å². The van der Waals surface area contributed by atoms with Crippen LogP contribution in [0.25, 0.3) is 0 Å². The Labute approximate surface area is 240 Å². The second-order valence-electron chi connectivity index (χ2n) is 11.0. The van der Waals surface area contributed by atoms with Crippen molar-refractivity contribution in [2.45, 2.75) is 52.0 Å². The molecule has 1 aliphatic carbocycles. The standard InChI is InChI=1S/C33H36N4O4/c1-22-11-10-15-25(19-22)34-33(41)35-27-20-36(31(39)24-13-4-3-5-14-24)28-17-8-9-18-29(28)37(32(27)40)21-30(38)26-16-7-6-12-23(26)2/h6-12,15-19,24,27H,3-5,13-14,20-21H2,1-2H3,(H2,34,35,41). The van der Waals surface area contributed by atoms with E-state index in [1.54, 1.807) is 35.2 Å². The van der Waals surface area contributed by atoms with E-state index in [4.69, 9.17) is 0 Å². The van der Waals surface area contributed by atoms with Gasteiger partial charge in [-0.1, -0.05) is 67.8 Å². The van der Waals surface area contributed by atoms with Crippen LogP contribution in [0.2, 0.25) is 0 Å². The van der Waals surface area contributed by atoms with Crippen LogP contribution < -0.4 is 20.4 Å². The van der Waals surface area contributed by atoms with Gasteiger partial charge in [0, 0.05) is 17.2 Å². The van der Waals surface area contributed by atoms with Crippen LogP contribution in [0, 0.1) is 19.8 Å². The molecule has 41 heavy (non-hydrogen) atoms. The van der Waals surface area contributed by atoms with Crippen molar-refractivity contribution in [3.63, 3.8) is 0 Å². The fraction of sp³-hybridized carbons (Fsp3) is 0.333. The molecule has 2 N–H and O–H groups in total. The minimum absolute atomic E-state index is 0.0263. The molecule has 2 aliphatic rings. The summed E-state index contributed by atoms with van der Waals surface area (Å²) in [4.78, 5) is 57.7. The van der Waals surface area contributed by atoms with Gasteiger partial charge >= 0.3 is 6.03 Å². The summed E-state index contributed by atoms with van der Waals surface area (Å²) in [6, 6.07) is 20.2. The number of hydrogen-bond donors (Lipinski definition) is 2. The van der Waals surface area contributed by atoms with Gasteiger partial charge in [0.2, 0.25) is 5.91 Å². The Hall–Kier alpha value is -4.46. The van der Waals surface area contributed by atoms with Gasteiger partial charge in [-0.05, 0) is 62.1 Å². The molecular formula is C33H36N4O4. The lowest BCUT2D eigenvalue weighted by atomic mass is 9.88. The largest absolute Gasteiger partial charge is 0.324 e. The Morgan fingerprint density at radius 1 is 0.854 bits per heavy atom. The van der Waals surface area contributed by atoms with Gasteiger partial charge in [-0.25, -0.2) is 4.79 Å². The predicted octanol–water partition coefficient (Wildman–Crippen LogP) is 5.64. The smallest absolute Gasteiger partial charge is 0.319 e. The Kier molecular flexibility index (Phi) is 8.47. The second-order valence-corrected chi connectivity index (χ2v) is 11.0. The molecule has 0 spiro atoms. The second kappa shape index (κ2) is 12.4. The Morgan fingerprint density at radius 3 is 2.29 bits per heavy atom. The minimum Gasteiger partial charge on any atom is -0.324 e. The average Bonchev–Trinajstić information content (AvgIpc) is 3.08. The number of urea groups is 1. The number of amides is 4. The highest BCUT2D eigenvalue weighted by molar-refractivity contribution is 6.13. The molecule has 1 fully saturated rings. The summed E-state index contributed by atoms with van der Waals surface area (Å²) in [6.45, 7) is 3.54. The number of benzene rings is 3. The number of nitrogens with zero attached hydrogens (tertiary/aromatic N) is 2. The average molecular weight is 553 g/mol. The summed E-state index contributed by atoms with van der Waals surface area (Å²) in [7, 11) is 0. The summed E-state index contributed by atoms with van der Waals surface area (Å²) >= 11 is 0. The molecule has 1 atom stereocenters. The highest BCUT2D eigenvalue weighted by Crippen LogP contribution is 2.36. The quantitative estimate of drug-likeness (QED) is 0.387. The molecule has 0 aromatic heterocycles. The third kappa shape index (κ3) is 6.32. The molecule has 1 aliphatic heterocycles. The van der Waals surface area contributed by atoms with Gasteiger partial charge in [0.15, 0.2) is 5.78 Å². The van der Waals surface area contributed by atoms with E-state index in [-0.39, 0.29) is 30.7 Å². The third-order valence-corrected chi connectivity index (χ3v) is 7.94. The van der Waals surface area contributed by atoms with Crippen molar-refractivity contribution in [3.8, 4) is 0 Å². The van der Waals surface area contributed by atoms with Crippen molar-refractivity contribution >= 4 is 40.7 Å². The first-order valence-electron chi connectivity index (χ1n) is 14.3. The number of carbonyl (C=O) groups excluding carboxylic acids is 4. The van der Waals surface area contributed by atoms with Crippen LogP contribution in [0.3, 0.4) is 0 Å². The van der Waals surface area contributed by atoms with E-state index in [1.807, 2.05) is 56.3 Å². The first-order chi connectivity index (χ1) is 19.8. The minimum atomic E-state index is -1.07. The van der Waals surface area contributed by atoms with Crippen molar-refractivity contribution in [1.82, 2.24) is 5.32 Å². The van der Waals surface area contributed by atoms with E-state index in [0.717, 1.165) is 43.2 Å². The van der Waals surface area contributed by atoms with E-state index < -0.39 is 18.0 Å². The van der Waals surface area contributed by atoms with Crippen LogP contribution in [0.5, 0.6) is 0 Å². The number of fused-ring (bicyclic) bond motifs is 1. The van der Waals surface area contributed by atoms with Crippen molar-refractivity contribution in [1.29, 1.82) is 0 Å². The van der Waals surface area contributed by atoms with E-state index in [9.17, 15) is 19.2 Å². The zero-order valence-corrected chi connectivity index (χ0v) is 23.6. The SMILES string of the molecule is Cc1cccc(NC(=O)NC2CN(C(=O)C3CCCCC3)c3ccccc3N(CC(=O)c3ccccc3C)C2=O)c1. The summed E-state index contributed by atoms with van der Waals surface area (Å²) in [5.74, 6) is -0.865. The fourth-order valence-corrected chi connectivity index (χ4v) is 5.80. The van der Waals surface area contributed by atoms with Gasteiger partial charge in [-0.15, -0.1) is 0 Å². The Morgan fingerprint density at radius 2 is 1.56 bits per heavy atom. The van der Waals surface area contributed by atoms with Crippen LogP contribution in [-0.2, 0) is 9.59 Å². The molecule has 3 aromatic rings. The van der Waals surface area contributed by atoms with E-state index >= 15 is 0 Å². The molecule has 8 heteroatoms. The topological polar surface area (TPSA) is 98.8 Å². The summed E-state index contributed by atoms with van der Waals surface area (Å²) in [6.07, 6.45) is 4.68.